The Hall–Kier alpha value is -3.13. The first-order chi connectivity index (χ1) is 16.5. The van der Waals surface area contributed by atoms with Crippen LogP contribution in [0.4, 0.5) is 14.6 Å². The molecule has 5 rings (SSSR count). The minimum absolute atomic E-state index is 0.182. The summed E-state index contributed by atoms with van der Waals surface area (Å²) in [5.41, 5.74) is 5.78. The second-order valence-corrected chi connectivity index (χ2v) is 9.62. The van der Waals surface area contributed by atoms with Gasteiger partial charge in [0.15, 0.2) is 0 Å². The average molecular weight is 481 g/mol. The number of benzene rings is 2. The molecule has 3 heterocycles. The first-order valence-electron chi connectivity index (χ1n) is 11.3. The number of aryl methyl sites for hydroxylation is 2. The Bertz CT molecular complexity index is 1320. The van der Waals surface area contributed by atoms with Crippen LogP contribution in [-0.2, 0) is 6.54 Å². The van der Waals surface area contributed by atoms with Gasteiger partial charge < -0.3 is 14.2 Å². The van der Waals surface area contributed by atoms with E-state index in [0.717, 1.165) is 58.4 Å². The second-order valence-electron chi connectivity index (χ2n) is 8.39. The van der Waals surface area contributed by atoms with Gasteiger partial charge in [-0.25, -0.2) is 9.97 Å². The molecule has 1 fully saturated rings. The third-order valence-electron chi connectivity index (χ3n) is 6.20. The SMILES string of the molecule is Cc1cc(N2CCSCC2)ncc1-c1ccc2nc(C)n(Cc3ccccc3OC(F)F)c2c1. The number of thioether (sulfide) groups is 1. The summed E-state index contributed by atoms with van der Waals surface area (Å²) in [6, 6.07) is 15.2. The van der Waals surface area contributed by atoms with Crippen LogP contribution < -0.4 is 9.64 Å². The zero-order valence-corrected chi connectivity index (χ0v) is 20.0. The molecule has 4 aromatic rings. The van der Waals surface area contributed by atoms with Crippen molar-refractivity contribution in [3.8, 4) is 16.9 Å². The number of ether oxygens (including phenoxy) is 1. The van der Waals surface area contributed by atoms with Crippen LogP contribution in [0, 0.1) is 13.8 Å². The van der Waals surface area contributed by atoms with Gasteiger partial charge in [0.05, 0.1) is 17.6 Å². The lowest BCUT2D eigenvalue weighted by Crippen LogP contribution is -2.33. The summed E-state index contributed by atoms with van der Waals surface area (Å²) >= 11 is 1.98. The Balaban J connectivity index is 1.49. The van der Waals surface area contributed by atoms with Crippen LogP contribution in [0.3, 0.4) is 0 Å². The van der Waals surface area contributed by atoms with Crippen LogP contribution >= 0.6 is 11.8 Å². The molecule has 0 atom stereocenters. The first kappa shape index (κ1) is 22.7. The van der Waals surface area contributed by atoms with Crippen molar-refractivity contribution < 1.29 is 13.5 Å². The summed E-state index contributed by atoms with van der Waals surface area (Å²) in [7, 11) is 0. The van der Waals surface area contributed by atoms with E-state index in [-0.39, 0.29) is 5.75 Å². The van der Waals surface area contributed by atoms with E-state index >= 15 is 0 Å². The van der Waals surface area contributed by atoms with Crippen molar-refractivity contribution in [3.63, 3.8) is 0 Å². The first-order valence-corrected chi connectivity index (χ1v) is 12.4. The van der Waals surface area contributed by atoms with Crippen molar-refractivity contribution in [1.82, 2.24) is 14.5 Å². The van der Waals surface area contributed by atoms with Gasteiger partial charge >= 0.3 is 6.61 Å². The number of nitrogens with zero attached hydrogens (tertiary/aromatic N) is 4. The number of para-hydroxylation sites is 1. The van der Waals surface area contributed by atoms with E-state index in [1.807, 2.05) is 41.6 Å². The van der Waals surface area contributed by atoms with Gasteiger partial charge in [0.25, 0.3) is 0 Å². The maximum absolute atomic E-state index is 12.9. The Morgan fingerprint density at radius 3 is 2.62 bits per heavy atom. The van der Waals surface area contributed by atoms with E-state index in [1.54, 1.807) is 18.2 Å². The molecule has 0 saturated carbocycles. The van der Waals surface area contributed by atoms with Crippen molar-refractivity contribution in [2.75, 3.05) is 29.5 Å². The molecule has 2 aromatic heterocycles. The van der Waals surface area contributed by atoms with E-state index in [0.29, 0.717) is 12.1 Å². The second kappa shape index (κ2) is 9.62. The number of anilines is 1. The molecular weight excluding hydrogens is 454 g/mol. The molecule has 0 unspecified atom stereocenters. The van der Waals surface area contributed by atoms with Crippen LogP contribution in [-0.4, -0.2) is 45.7 Å². The highest BCUT2D eigenvalue weighted by atomic mass is 32.2. The smallest absolute Gasteiger partial charge is 0.387 e. The van der Waals surface area contributed by atoms with E-state index in [4.69, 9.17) is 9.72 Å². The quantitative estimate of drug-likeness (QED) is 0.343. The third kappa shape index (κ3) is 4.59. The number of aromatic nitrogens is 3. The van der Waals surface area contributed by atoms with Gasteiger partial charge in [0.2, 0.25) is 0 Å². The van der Waals surface area contributed by atoms with Crippen molar-refractivity contribution in [1.29, 1.82) is 0 Å². The van der Waals surface area contributed by atoms with Gasteiger partial charge in [-0.1, -0.05) is 24.3 Å². The molecule has 0 N–H and O–H groups in total. The van der Waals surface area contributed by atoms with E-state index in [9.17, 15) is 8.78 Å². The molecule has 1 aliphatic heterocycles. The average Bonchev–Trinajstić information content (AvgIpc) is 3.14. The molecule has 1 saturated heterocycles. The highest BCUT2D eigenvalue weighted by Gasteiger charge is 2.16. The number of alkyl halides is 2. The molecule has 1 aliphatic rings. The molecule has 0 spiro atoms. The fourth-order valence-electron chi connectivity index (χ4n) is 4.43. The minimum Gasteiger partial charge on any atom is -0.434 e. The van der Waals surface area contributed by atoms with Crippen molar-refractivity contribution in [2.45, 2.75) is 27.0 Å². The topological polar surface area (TPSA) is 43.2 Å². The Kier molecular flexibility index (Phi) is 6.41. The predicted octanol–water partition coefficient (Wildman–Crippen LogP) is 5.92. The number of imidazole rings is 1. The number of halogens is 2. The summed E-state index contributed by atoms with van der Waals surface area (Å²) in [5, 5.41) is 0. The molecule has 5 nitrogen and oxygen atoms in total. The molecule has 2 aromatic carbocycles. The lowest BCUT2D eigenvalue weighted by Gasteiger charge is -2.27. The zero-order chi connectivity index (χ0) is 23.7. The Morgan fingerprint density at radius 2 is 1.85 bits per heavy atom. The highest BCUT2D eigenvalue weighted by molar-refractivity contribution is 7.99. The molecule has 0 radical (unpaired) electrons. The van der Waals surface area contributed by atoms with Crippen molar-refractivity contribution in [3.05, 3.63) is 71.7 Å². The molecule has 0 amide bonds. The van der Waals surface area contributed by atoms with Crippen LogP contribution in [0.1, 0.15) is 17.0 Å². The largest absolute Gasteiger partial charge is 0.434 e. The summed E-state index contributed by atoms with van der Waals surface area (Å²) in [4.78, 5) is 11.8. The molecule has 176 valence electrons. The van der Waals surface area contributed by atoms with Crippen molar-refractivity contribution >= 4 is 28.6 Å². The lowest BCUT2D eigenvalue weighted by molar-refractivity contribution is -0.0504. The molecule has 0 aliphatic carbocycles. The van der Waals surface area contributed by atoms with Crippen LogP contribution in [0.2, 0.25) is 0 Å². The fourth-order valence-corrected chi connectivity index (χ4v) is 5.34. The summed E-state index contributed by atoms with van der Waals surface area (Å²) < 4.78 is 32.5. The van der Waals surface area contributed by atoms with Gasteiger partial charge in [-0.2, -0.15) is 20.5 Å². The molecule has 0 bridgehead atoms. The van der Waals surface area contributed by atoms with E-state index in [2.05, 4.69) is 35.0 Å². The predicted molar refractivity (Wildman–Crippen MR) is 134 cm³/mol. The van der Waals surface area contributed by atoms with Gasteiger partial charge in [-0.05, 0) is 49.2 Å². The Labute approximate surface area is 201 Å². The number of hydrogen-bond donors (Lipinski definition) is 0. The number of rotatable bonds is 6. The fraction of sp³-hybridized carbons (Fsp3) is 0.308. The zero-order valence-electron chi connectivity index (χ0n) is 19.2. The van der Waals surface area contributed by atoms with Gasteiger partial charge in [-0.3, -0.25) is 0 Å². The molecule has 34 heavy (non-hydrogen) atoms. The lowest BCUT2D eigenvalue weighted by atomic mass is 10.0. The summed E-state index contributed by atoms with van der Waals surface area (Å²) in [5.74, 6) is 4.29. The standard InChI is InChI=1S/C26H26F2N4OS/c1-17-13-25(31-9-11-34-12-10-31)29-15-21(17)19-7-8-22-23(14-19)32(18(2)30-22)16-20-5-3-4-6-24(20)33-26(27)28/h3-8,13-15,26H,9-12,16H2,1-2H3. The monoisotopic (exact) mass is 480 g/mol. The molecular formula is C26H26F2N4OS. The third-order valence-corrected chi connectivity index (χ3v) is 7.14. The van der Waals surface area contributed by atoms with Crippen LogP contribution in [0.5, 0.6) is 5.75 Å². The maximum Gasteiger partial charge on any atom is 0.387 e. The normalized spacial score (nSPS) is 14.2. The van der Waals surface area contributed by atoms with E-state index in [1.165, 1.54) is 5.56 Å². The van der Waals surface area contributed by atoms with Gasteiger partial charge in [0, 0.05) is 41.9 Å². The maximum atomic E-state index is 12.9. The van der Waals surface area contributed by atoms with Gasteiger partial charge in [-0.15, -0.1) is 0 Å². The number of pyridine rings is 1. The van der Waals surface area contributed by atoms with Gasteiger partial charge in [0.1, 0.15) is 17.4 Å². The number of hydrogen-bond acceptors (Lipinski definition) is 5. The van der Waals surface area contributed by atoms with E-state index < -0.39 is 6.61 Å². The van der Waals surface area contributed by atoms with Crippen LogP contribution in [0.15, 0.2) is 54.7 Å². The minimum atomic E-state index is -2.87. The molecule has 8 heteroatoms. The highest BCUT2D eigenvalue weighted by Crippen LogP contribution is 2.31. The Morgan fingerprint density at radius 1 is 1.06 bits per heavy atom. The summed E-state index contributed by atoms with van der Waals surface area (Å²) in [6.07, 6.45) is 1.95. The van der Waals surface area contributed by atoms with Crippen molar-refractivity contribution in [2.24, 2.45) is 0 Å². The number of fused-ring (bicyclic) bond motifs is 1. The summed E-state index contributed by atoms with van der Waals surface area (Å²) in [6.45, 7) is 3.61. The van der Waals surface area contributed by atoms with Crippen LogP contribution in [0.25, 0.3) is 22.2 Å².